The Morgan fingerprint density at radius 1 is 1.22 bits per heavy atom. The van der Waals surface area contributed by atoms with Gasteiger partial charge in [0.25, 0.3) is 0 Å². The summed E-state index contributed by atoms with van der Waals surface area (Å²) in [5, 5.41) is 12.1. The highest BCUT2D eigenvalue weighted by Gasteiger charge is 2.35. The molecule has 5 rings (SSSR count). The molecule has 1 amide bonds. The summed E-state index contributed by atoms with van der Waals surface area (Å²) < 4.78 is 59.8. The zero-order chi connectivity index (χ0) is 25.3. The number of amides is 1. The number of rotatable bonds is 6. The van der Waals surface area contributed by atoms with E-state index in [0.29, 0.717) is 54.1 Å². The Balaban J connectivity index is 1.36. The van der Waals surface area contributed by atoms with Gasteiger partial charge >= 0.3 is 6.36 Å². The fraction of sp³-hybridized carbons (Fsp3) is 0.400. The van der Waals surface area contributed by atoms with Crippen molar-refractivity contribution in [2.24, 2.45) is 5.92 Å². The molecular formula is C25H22F3N3O5. The molecule has 1 aromatic heterocycles. The lowest BCUT2D eigenvalue weighted by Gasteiger charge is -2.29. The number of piperidine rings is 1. The lowest BCUT2D eigenvalue weighted by molar-refractivity contribution is -0.275. The SMILES string of the molecule is N#Cc1cccc2oc(C[C@@H]3C[C@@H](c4ccc(OC(F)(F)F)c(O[C@@H]5CCOC5)c4)CNC3=O)nc12. The van der Waals surface area contributed by atoms with Crippen LogP contribution in [0.25, 0.3) is 11.1 Å². The number of hydrogen-bond acceptors (Lipinski definition) is 7. The molecule has 2 saturated heterocycles. The molecule has 2 aromatic carbocycles. The average Bonchev–Trinajstić information content (AvgIpc) is 3.50. The molecule has 0 radical (unpaired) electrons. The minimum absolute atomic E-state index is 0.0169. The second kappa shape index (κ2) is 9.70. The number of nitrogens with one attached hydrogen (secondary N) is 1. The highest BCUT2D eigenvalue weighted by molar-refractivity contribution is 5.81. The van der Waals surface area contributed by atoms with E-state index >= 15 is 0 Å². The zero-order valence-corrected chi connectivity index (χ0v) is 19.0. The van der Waals surface area contributed by atoms with Crippen LogP contribution in [0.1, 0.15) is 35.8 Å². The number of nitriles is 1. The third-order valence-electron chi connectivity index (χ3n) is 6.31. The third kappa shape index (κ3) is 5.23. The van der Waals surface area contributed by atoms with Gasteiger partial charge in [0.15, 0.2) is 23.0 Å². The van der Waals surface area contributed by atoms with Crippen molar-refractivity contribution in [2.75, 3.05) is 19.8 Å². The number of ether oxygens (including phenoxy) is 3. The third-order valence-corrected chi connectivity index (χ3v) is 6.31. The molecule has 3 aromatic rings. The largest absolute Gasteiger partial charge is 0.573 e. The lowest BCUT2D eigenvalue weighted by atomic mass is 9.83. The molecular weight excluding hydrogens is 479 g/mol. The summed E-state index contributed by atoms with van der Waals surface area (Å²) in [7, 11) is 0. The first-order chi connectivity index (χ1) is 17.3. The molecule has 3 atom stereocenters. The summed E-state index contributed by atoms with van der Waals surface area (Å²) in [4.78, 5) is 17.0. The minimum Gasteiger partial charge on any atom is -0.484 e. The topological polar surface area (TPSA) is 107 Å². The van der Waals surface area contributed by atoms with Crippen LogP contribution in [0.15, 0.2) is 40.8 Å². The number of hydrogen-bond donors (Lipinski definition) is 1. The van der Waals surface area contributed by atoms with E-state index in [1.54, 1.807) is 24.3 Å². The molecule has 11 heteroatoms. The van der Waals surface area contributed by atoms with Gasteiger partial charge in [-0.3, -0.25) is 4.79 Å². The van der Waals surface area contributed by atoms with E-state index in [0.717, 1.165) is 0 Å². The first kappa shape index (κ1) is 23.9. The fourth-order valence-electron chi connectivity index (χ4n) is 4.58. The molecule has 188 valence electrons. The Hall–Kier alpha value is -3.78. The van der Waals surface area contributed by atoms with Gasteiger partial charge < -0.3 is 23.9 Å². The van der Waals surface area contributed by atoms with Crippen LogP contribution >= 0.6 is 0 Å². The molecule has 0 saturated carbocycles. The van der Waals surface area contributed by atoms with Crippen LogP contribution in [0, 0.1) is 17.2 Å². The molecule has 0 bridgehead atoms. The molecule has 0 spiro atoms. The number of carbonyl (C=O) groups is 1. The van der Waals surface area contributed by atoms with Gasteiger partial charge in [-0.1, -0.05) is 12.1 Å². The predicted molar refractivity (Wildman–Crippen MR) is 119 cm³/mol. The van der Waals surface area contributed by atoms with Crippen molar-refractivity contribution in [3.63, 3.8) is 0 Å². The van der Waals surface area contributed by atoms with Gasteiger partial charge in [-0.2, -0.15) is 5.26 Å². The van der Waals surface area contributed by atoms with Crippen LogP contribution in [0.5, 0.6) is 11.5 Å². The van der Waals surface area contributed by atoms with Gasteiger partial charge in [0.2, 0.25) is 5.91 Å². The summed E-state index contributed by atoms with van der Waals surface area (Å²) in [6.45, 7) is 1.09. The quantitative estimate of drug-likeness (QED) is 0.539. The Morgan fingerprint density at radius 2 is 2.08 bits per heavy atom. The van der Waals surface area contributed by atoms with E-state index in [9.17, 15) is 23.2 Å². The Kier molecular flexibility index (Phi) is 6.45. The van der Waals surface area contributed by atoms with Gasteiger partial charge in [-0.15, -0.1) is 13.2 Å². The first-order valence-corrected chi connectivity index (χ1v) is 11.5. The molecule has 3 heterocycles. The van der Waals surface area contributed by atoms with Crippen LogP contribution in [0.4, 0.5) is 13.2 Å². The second-order valence-corrected chi connectivity index (χ2v) is 8.81. The van der Waals surface area contributed by atoms with Crippen LogP contribution < -0.4 is 14.8 Å². The minimum atomic E-state index is -4.86. The fourth-order valence-corrected chi connectivity index (χ4v) is 4.58. The van der Waals surface area contributed by atoms with E-state index < -0.39 is 18.0 Å². The van der Waals surface area contributed by atoms with Gasteiger partial charge in [-0.25, -0.2) is 4.98 Å². The molecule has 0 aliphatic carbocycles. The normalized spacial score (nSPS) is 22.3. The maximum Gasteiger partial charge on any atom is 0.573 e. The lowest BCUT2D eigenvalue weighted by Crippen LogP contribution is -2.41. The number of oxazole rings is 1. The number of para-hydroxylation sites is 1. The number of alkyl halides is 3. The highest BCUT2D eigenvalue weighted by Crippen LogP contribution is 2.38. The van der Waals surface area contributed by atoms with Crippen LogP contribution in [0.3, 0.4) is 0 Å². The van der Waals surface area contributed by atoms with Crippen molar-refractivity contribution in [1.82, 2.24) is 10.3 Å². The molecule has 8 nitrogen and oxygen atoms in total. The van der Waals surface area contributed by atoms with Crippen LogP contribution in [-0.4, -0.2) is 43.1 Å². The summed E-state index contributed by atoms with van der Waals surface area (Å²) >= 11 is 0. The summed E-state index contributed by atoms with van der Waals surface area (Å²) in [5.74, 6) is -0.903. The van der Waals surface area contributed by atoms with Crippen molar-refractivity contribution < 1.29 is 36.6 Å². The molecule has 1 N–H and O–H groups in total. The zero-order valence-electron chi connectivity index (χ0n) is 19.0. The van der Waals surface area contributed by atoms with E-state index in [-0.39, 0.29) is 36.7 Å². The second-order valence-electron chi connectivity index (χ2n) is 8.81. The number of nitrogens with zero attached hydrogens (tertiary/aromatic N) is 2. The number of benzene rings is 2. The van der Waals surface area contributed by atoms with Crippen molar-refractivity contribution >= 4 is 17.0 Å². The standard InChI is InChI=1S/C25H22F3N3O5/c26-25(27,28)36-19-5-4-14(9-21(19)34-18-6-7-33-13-18)17-8-16(24(32)30-12-17)10-22-31-23-15(11-29)2-1-3-20(23)35-22/h1-5,9,16-18H,6-8,10,12-13H2,(H,30,32)/t16-,17+,18+/m0/s1. The Morgan fingerprint density at radius 3 is 2.83 bits per heavy atom. The monoisotopic (exact) mass is 501 g/mol. The first-order valence-electron chi connectivity index (χ1n) is 11.5. The van der Waals surface area contributed by atoms with Gasteiger partial charge in [0.1, 0.15) is 17.7 Å². The van der Waals surface area contributed by atoms with E-state index in [1.165, 1.54) is 12.1 Å². The number of halogens is 3. The maximum atomic E-state index is 12.9. The summed E-state index contributed by atoms with van der Waals surface area (Å²) in [6, 6.07) is 11.4. The van der Waals surface area contributed by atoms with Crippen molar-refractivity contribution in [3.8, 4) is 17.6 Å². The van der Waals surface area contributed by atoms with Crippen LogP contribution in [-0.2, 0) is 16.0 Å². The Bertz CT molecular complexity index is 1310. The summed E-state index contributed by atoms with van der Waals surface area (Å²) in [6.07, 6.45) is -4.01. The Labute approximate surface area is 203 Å². The average molecular weight is 501 g/mol. The van der Waals surface area contributed by atoms with Gasteiger partial charge in [0, 0.05) is 31.2 Å². The maximum absolute atomic E-state index is 12.9. The number of fused-ring (bicyclic) bond motifs is 1. The van der Waals surface area contributed by atoms with Gasteiger partial charge in [0.05, 0.1) is 18.8 Å². The van der Waals surface area contributed by atoms with Crippen LogP contribution in [0.2, 0.25) is 0 Å². The predicted octanol–water partition coefficient (Wildman–Crippen LogP) is 4.23. The summed E-state index contributed by atoms with van der Waals surface area (Å²) in [5.41, 5.74) is 2.01. The molecule has 2 aliphatic heterocycles. The number of carbonyl (C=O) groups excluding carboxylic acids is 1. The smallest absolute Gasteiger partial charge is 0.484 e. The van der Waals surface area contributed by atoms with Crippen molar-refractivity contribution in [2.45, 2.75) is 37.6 Å². The van der Waals surface area contributed by atoms with E-state index in [2.05, 4.69) is 21.1 Å². The van der Waals surface area contributed by atoms with Crippen molar-refractivity contribution in [1.29, 1.82) is 5.26 Å². The highest BCUT2D eigenvalue weighted by atomic mass is 19.4. The number of aromatic nitrogens is 1. The molecule has 0 unspecified atom stereocenters. The van der Waals surface area contributed by atoms with Crippen molar-refractivity contribution in [3.05, 3.63) is 53.4 Å². The van der Waals surface area contributed by atoms with E-state index in [4.69, 9.17) is 13.9 Å². The van der Waals surface area contributed by atoms with Gasteiger partial charge in [-0.05, 0) is 36.2 Å². The van der Waals surface area contributed by atoms with E-state index in [1.807, 2.05) is 0 Å². The molecule has 36 heavy (non-hydrogen) atoms. The molecule has 2 aliphatic rings. The molecule has 2 fully saturated rings.